The van der Waals surface area contributed by atoms with Gasteiger partial charge in [0.25, 0.3) is 0 Å². The largest absolute Gasteiger partial charge is 0.439 e. The lowest BCUT2D eigenvalue weighted by Crippen LogP contribution is -2.38. The van der Waals surface area contributed by atoms with Gasteiger partial charge in [-0.2, -0.15) is 10.1 Å². The number of alkyl halides is 1. The summed E-state index contributed by atoms with van der Waals surface area (Å²) in [5.74, 6) is 1.42. The smallest absolute Gasteiger partial charge is 0.237 e. The normalized spacial score (nSPS) is 18.1. The van der Waals surface area contributed by atoms with E-state index < -0.39 is 6.17 Å². The molecule has 1 aliphatic heterocycles. The SMILES string of the molecule is Cc1cccc(C)c1-c1cc(Oc2ccc(C3CCN(C)CC3F)cc2)nc(NSc2cnn(C)c2)n1. The zero-order valence-corrected chi connectivity index (χ0v) is 22.3. The Balaban J connectivity index is 1.41. The van der Waals surface area contributed by atoms with E-state index in [4.69, 9.17) is 9.72 Å². The van der Waals surface area contributed by atoms with Gasteiger partial charge in [0.15, 0.2) is 0 Å². The highest BCUT2D eigenvalue weighted by molar-refractivity contribution is 8.00. The Bertz CT molecular complexity index is 1360. The van der Waals surface area contributed by atoms with Crippen LogP contribution in [0, 0.1) is 13.8 Å². The van der Waals surface area contributed by atoms with E-state index in [-0.39, 0.29) is 5.92 Å². The number of halogens is 1. The van der Waals surface area contributed by atoms with E-state index in [2.05, 4.69) is 40.8 Å². The Kier molecular flexibility index (Phi) is 7.43. The number of anilines is 1. The molecule has 1 fully saturated rings. The summed E-state index contributed by atoms with van der Waals surface area (Å²) in [5, 5.41) is 4.20. The number of ether oxygens (including phenoxy) is 1. The van der Waals surface area contributed by atoms with Crippen LogP contribution in [0.1, 0.15) is 29.0 Å². The molecule has 0 amide bonds. The molecule has 192 valence electrons. The number of nitrogens with one attached hydrogen (secondary N) is 1. The van der Waals surface area contributed by atoms with Crippen molar-refractivity contribution in [2.45, 2.75) is 37.3 Å². The lowest BCUT2D eigenvalue weighted by atomic mass is 9.88. The van der Waals surface area contributed by atoms with Crippen LogP contribution in [0.5, 0.6) is 11.6 Å². The summed E-state index contributed by atoms with van der Waals surface area (Å²) in [4.78, 5) is 12.4. The van der Waals surface area contributed by atoms with Crippen molar-refractivity contribution >= 4 is 17.9 Å². The molecule has 0 saturated carbocycles. The van der Waals surface area contributed by atoms with Crippen LogP contribution in [0.4, 0.5) is 10.3 Å². The summed E-state index contributed by atoms with van der Waals surface area (Å²) < 4.78 is 25.8. The van der Waals surface area contributed by atoms with Crippen molar-refractivity contribution in [3.05, 3.63) is 77.6 Å². The van der Waals surface area contributed by atoms with Gasteiger partial charge in [0.05, 0.1) is 16.8 Å². The molecular formula is C28H31FN6OS. The first kappa shape index (κ1) is 25.2. The number of aromatic nitrogens is 4. The highest BCUT2D eigenvalue weighted by Gasteiger charge is 2.28. The van der Waals surface area contributed by atoms with Gasteiger partial charge in [-0.3, -0.25) is 9.40 Å². The zero-order valence-electron chi connectivity index (χ0n) is 21.5. The molecule has 1 aliphatic rings. The number of hydrogen-bond acceptors (Lipinski definition) is 7. The molecule has 4 aromatic rings. The molecule has 0 aliphatic carbocycles. The summed E-state index contributed by atoms with van der Waals surface area (Å²) in [7, 11) is 3.84. The monoisotopic (exact) mass is 518 g/mol. The topological polar surface area (TPSA) is 68.1 Å². The van der Waals surface area contributed by atoms with E-state index in [0.29, 0.717) is 24.1 Å². The fourth-order valence-corrected chi connectivity index (χ4v) is 5.37. The van der Waals surface area contributed by atoms with Crippen molar-refractivity contribution in [3.63, 3.8) is 0 Å². The second kappa shape index (κ2) is 10.9. The van der Waals surface area contributed by atoms with Crippen LogP contribution in [-0.4, -0.2) is 51.0 Å². The van der Waals surface area contributed by atoms with Crippen molar-refractivity contribution in [3.8, 4) is 22.9 Å². The third-order valence-corrected chi connectivity index (χ3v) is 7.39. The quantitative estimate of drug-likeness (QED) is 0.294. The number of aryl methyl sites for hydroxylation is 3. The third kappa shape index (κ3) is 5.94. The molecule has 0 spiro atoms. The maximum Gasteiger partial charge on any atom is 0.237 e. The molecular weight excluding hydrogens is 487 g/mol. The second-order valence-corrected chi connectivity index (χ2v) is 10.5. The van der Waals surface area contributed by atoms with Crippen molar-refractivity contribution in [2.75, 3.05) is 24.9 Å². The fraction of sp³-hybridized carbons (Fsp3) is 0.321. The Morgan fingerprint density at radius 1 is 1.05 bits per heavy atom. The Morgan fingerprint density at radius 2 is 1.81 bits per heavy atom. The molecule has 2 aromatic carbocycles. The number of benzene rings is 2. The maximum absolute atomic E-state index is 14.6. The molecule has 1 saturated heterocycles. The Morgan fingerprint density at radius 3 is 2.49 bits per heavy atom. The molecule has 0 radical (unpaired) electrons. The van der Waals surface area contributed by atoms with Gasteiger partial charge in [0.1, 0.15) is 11.9 Å². The lowest BCUT2D eigenvalue weighted by Gasteiger charge is -2.32. The third-order valence-electron chi connectivity index (χ3n) is 6.66. The van der Waals surface area contributed by atoms with Gasteiger partial charge in [-0.25, -0.2) is 9.37 Å². The first-order chi connectivity index (χ1) is 17.9. The number of nitrogens with zero attached hydrogens (tertiary/aromatic N) is 5. The van der Waals surface area contributed by atoms with Gasteiger partial charge < -0.3 is 9.64 Å². The van der Waals surface area contributed by atoms with Gasteiger partial charge >= 0.3 is 0 Å². The molecule has 2 unspecified atom stereocenters. The average molecular weight is 519 g/mol. The number of rotatable bonds is 7. The standard InChI is InChI=1S/C28H31FN6OS/c1-18-6-5-7-19(2)27(18)25-14-26(32-28(31-25)33-37-22-15-30-35(4)16-22)36-21-10-8-20(9-11-21)23-12-13-34(3)17-24(23)29/h5-11,14-16,23-24H,12-13,17H2,1-4H3,(H,31,32,33). The maximum atomic E-state index is 14.6. The van der Waals surface area contributed by atoms with Gasteiger partial charge in [0, 0.05) is 37.3 Å². The van der Waals surface area contributed by atoms with Crippen LogP contribution in [0.2, 0.25) is 0 Å². The van der Waals surface area contributed by atoms with Crippen LogP contribution < -0.4 is 9.46 Å². The number of hydrogen-bond donors (Lipinski definition) is 1. The van der Waals surface area contributed by atoms with Gasteiger partial charge in [-0.1, -0.05) is 30.3 Å². The molecule has 5 rings (SSSR count). The van der Waals surface area contributed by atoms with Gasteiger partial charge in [0.2, 0.25) is 11.8 Å². The van der Waals surface area contributed by atoms with Crippen LogP contribution >= 0.6 is 11.9 Å². The van der Waals surface area contributed by atoms with Crippen molar-refractivity contribution in [1.82, 2.24) is 24.6 Å². The number of likely N-dealkylation sites (tertiary alicyclic amines) is 1. The molecule has 1 N–H and O–H groups in total. The van der Waals surface area contributed by atoms with E-state index in [1.54, 1.807) is 10.9 Å². The molecule has 7 nitrogen and oxygen atoms in total. The molecule has 2 atom stereocenters. The highest BCUT2D eigenvalue weighted by atomic mass is 32.2. The first-order valence-corrected chi connectivity index (χ1v) is 13.1. The predicted octanol–water partition coefficient (Wildman–Crippen LogP) is 6.16. The van der Waals surface area contributed by atoms with Crippen LogP contribution in [0.25, 0.3) is 11.3 Å². The minimum Gasteiger partial charge on any atom is -0.439 e. The minimum atomic E-state index is -0.863. The number of piperidine rings is 1. The van der Waals surface area contributed by atoms with E-state index in [1.807, 2.05) is 61.6 Å². The molecule has 0 bridgehead atoms. The molecule has 3 heterocycles. The van der Waals surface area contributed by atoms with E-state index >= 15 is 0 Å². The van der Waals surface area contributed by atoms with E-state index in [0.717, 1.165) is 45.8 Å². The van der Waals surface area contributed by atoms with Crippen molar-refractivity contribution in [2.24, 2.45) is 7.05 Å². The minimum absolute atomic E-state index is 0.0831. The van der Waals surface area contributed by atoms with Crippen LogP contribution in [0.15, 0.2) is 65.8 Å². The summed E-state index contributed by atoms with van der Waals surface area (Å²) in [5.41, 5.74) is 5.08. The van der Waals surface area contributed by atoms with Crippen LogP contribution in [0.3, 0.4) is 0 Å². The fourth-order valence-electron chi connectivity index (χ4n) is 4.76. The Hall–Kier alpha value is -3.43. The predicted molar refractivity (Wildman–Crippen MR) is 146 cm³/mol. The van der Waals surface area contributed by atoms with E-state index in [1.165, 1.54) is 11.9 Å². The molecule has 37 heavy (non-hydrogen) atoms. The zero-order chi connectivity index (χ0) is 25.9. The summed E-state index contributed by atoms with van der Waals surface area (Å²) >= 11 is 1.39. The van der Waals surface area contributed by atoms with Gasteiger partial charge in [-0.05, 0) is 74.6 Å². The average Bonchev–Trinajstić information content (AvgIpc) is 3.28. The van der Waals surface area contributed by atoms with Gasteiger partial charge in [-0.15, -0.1) is 0 Å². The molecule has 9 heteroatoms. The van der Waals surface area contributed by atoms with Crippen molar-refractivity contribution < 1.29 is 9.13 Å². The highest BCUT2D eigenvalue weighted by Crippen LogP contribution is 2.34. The summed E-state index contributed by atoms with van der Waals surface area (Å²) in [6.45, 7) is 5.51. The molecule has 2 aromatic heterocycles. The first-order valence-electron chi connectivity index (χ1n) is 12.3. The van der Waals surface area contributed by atoms with Crippen molar-refractivity contribution in [1.29, 1.82) is 0 Å². The summed E-state index contributed by atoms with van der Waals surface area (Å²) in [6.07, 6.45) is 3.64. The van der Waals surface area contributed by atoms with Crippen LogP contribution in [-0.2, 0) is 7.05 Å². The second-order valence-electron chi connectivity index (χ2n) is 9.58. The Labute approximate surface area is 221 Å². The summed E-state index contributed by atoms with van der Waals surface area (Å²) in [6, 6.07) is 15.7. The van der Waals surface area contributed by atoms with E-state index in [9.17, 15) is 4.39 Å². The lowest BCUT2D eigenvalue weighted by molar-refractivity contribution is 0.139.